The SMILES string of the molecule is C/C(=C\c1ccc(Cl)c(F)c1)c1ccc(Cl)cc1F. The van der Waals surface area contributed by atoms with Gasteiger partial charge >= 0.3 is 0 Å². The molecule has 0 spiro atoms. The third-order valence-electron chi connectivity index (χ3n) is 2.68. The van der Waals surface area contributed by atoms with E-state index in [1.54, 1.807) is 31.2 Å². The van der Waals surface area contributed by atoms with E-state index < -0.39 is 11.6 Å². The second-order valence-corrected chi connectivity index (χ2v) is 4.97. The van der Waals surface area contributed by atoms with Gasteiger partial charge in [0, 0.05) is 10.6 Å². The predicted molar refractivity (Wildman–Crippen MR) is 76.4 cm³/mol. The Morgan fingerprint density at radius 1 is 1.00 bits per heavy atom. The first-order chi connectivity index (χ1) is 8.97. The minimum Gasteiger partial charge on any atom is -0.206 e. The van der Waals surface area contributed by atoms with E-state index in [0.29, 0.717) is 21.7 Å². The molecule has 0 amide bonds. The lowest BCUT2D eigenvalue weighted by molar-refractivity contribution is 0.624. The van der Waals surface area contributed by atoms with E-state index in [4.69, 9.17) is 23.2 Å². The van der Waals surface area contributed by atoms with Crippen LogP contribution in [0.1, 0.15) is 18.1 Å². The average Bonchev–Trinajstić information content (AvgIpc) is 2.33. The van der Waals surface area contributed by atoms with Crippen molar-refractivity contribution in [3.63, 3.8) is 0 Å². The van der Waals surface area contributed by atoms with Crippen molar-refractivity contribution in [2.75, 3.05) is 0 Å². The summed E-state index contributed by atoms with van der Waals surface area (Å²) in [5, 5.41) is 0.402. The van der Waals surface area contributed by atoms with Gasteiger partial charge in [-0.2, -0.15) is 0 Å². The summed E-state index contributed by atoms with van der Waals surface area (Å²) in [4.78, 5) is 0. The molecule has 0 nitrogen and oxygen atoms in total. The first-order valence-corrected chi connectivity index (χ1v) is 6.32. The average molecular weight is 299 g/mol. The van der Waals surface area contributed by atoms with E-state index in [-0.39, 0.29) is 5.02 Å². The molecule has 98 valence electrons. The zero-order chi connectivity index (χ0) is 14.0. The molecule has 0 aliphatic heterocycles. The van der Waals surface area contributed by atoms with Crippen LogP contribution < -0.4 is 0 Å². The minimum absolute atomic E-state index is 0.0625. The second-order valence-electron chi connectivity index (χ2n) is 4.13. The van der Waals surface area contributed by atoms with Crippen LogP contribution in [0.15, 0.2) is 36.4 Å². The molecule has 0 fully saturated rings. The Hall–Kier alpha value is -1.38. The number of allylic oxidation sites excluding steroid dienone is 1. The smallest absolute Gasteiger partial charge is 0.142 e. The van der Waals surface area contributed by atoms with Crippen molar-refractivity contribution in [2.24, 2.45) is 0 Å². The van der Waals surface area contributed by atoms with Crippen molar-refractivity contribution >= 4 is 34.9 Å². The summed E-state index contributed by atoms with van der Waals surface area (Å²) in [6, 6.07) is 8.89. The summed E-state index contributed by atoms with van der Waals surface area (Å²) in [6.45, 7) is 1.75. The highest BCUT2D eigenvalue weighted by Crippen LogP contribution is 2.24. The highest BCUT2D eigenvalue weighted by molar-refractivity contribution is 6.31. The maximum Gasteiger partial charge on any atom is 0.142 e. The molecule has 0 radical (unpaired) electrons. The van der Waals surface area contributed by atoms with E-state index in [1.807, 2.05) is 0 Å². The Balaban J connectivity index is 2.39. The topological polar surface area (TPSA) is 0 Å². The quantitative estimate of drug-likeness (QED) is 0.612. The van der Waals surface area contributed by atoms with E-state index in [2.05, 4.69) is 0 Å². The Bertz CT molecular complexity index is 649. The van der Waals surface area contributed by atoms with Gasteiger partial charge in [0.05, 0.1) is 5.02 Å². The maximum absolute atomic E-state index is 13.7. The van der Waals surface area contributed by atoms with E-state index >= 15 is 0 Å². The molecule has 0 unspecified atom stereocenters. The van der Waals surface area contributed by atoms with Crippen molar-refractivity contribution in [2.45, 2.75) is 6.92 Å². The van der Waals surface area contributed by atoms with Crippen molar-refractivity contribution in [3.8, 4) is 0 Å². The normalized spacial score (nSPS) is 11.7. The van der Waals surface area contributed by atoms with Crippen LogP contribution in [0.4, 0.5) is 8.78 Å². The third-order valence-corrected chi connectivity index (χ3v) is 3.22. The fraction of sp³-hybridized carbons (Fsp3) is 0.0667. The number of hydrogen-bond acceptors (Lipinski definition) is 0. The fourth-order valence-electron chi connectivity index (χ4n) is 1.74. The van der Waals surface area contributed by atoms with Gasteiger partial charge in [-0.25, -0.2) is 8.78 Å². The van der Waals surface area contributed by atoms with Gasteiger partial charge in [0.25, 0.3) is 0 Å². The van der Waals surface area contributed by atoms with Gasteiger partial charge in [-0.3, -0.25) is 0 Å². The molecule has 0 bridgehead atoms. The van der Waals surface area contributed by atoms with Crippen molar-refractivity contribution in [1.29, 1.82) is 0 Å². The molecule has 4 heteroatoms. The zero-order valence-electron chi connectivity index (χ0n) is 10.1. The molecule has 0 saturated carbocycles. The lowest BCUT2D eigenvalue weighted by Gasteiger charge is -2.05. The summed E-state index contributed by atoms with van der Waals surface area (Å²) in [6.07, 6.45) is 1.69. The van der Waals surface area contributed by atoms with Gasteiger partial charge in [-0.05, 0) is 42.3 Å². The van der Waals surface area contributed by atoms with E-state index in [1.165, 1.54) is 18.2 Å². The van der Waals surface area contributed by atoms with Crippen LogP contribution in [0.2, 0.25) is 10.0 Å². The molecule has 2 rings (SSSR count). The number of halogens is 4. The molecule has 0 aliphatic rings. The minimum atomic E-state index is -0.500. The van der Waals surface area contributed by atoms with Crippen LogP contribution >= 0.6 is 23.2 Å². The Kier molecular flexibility index (Phi) is 4.23. The van der Waals surface area contributed by atoms with Gasteiger partial charge in [0.1, 0.15) is 11.6 Å². The lowest BCUT2D eigenvalue weighted by atomic mass is 10.0. The molecule has 0 N–H and O–H groups in total. The predicted octanol–water partition coefficient (Wildman–Crippen LogP) is 5.83. The molecule has 0 atom stereocenters. The summed E-state index contributed by atoms with van der Waals surface area (Å²) < 4.78 is 27.0. The van der Waals surface area contributed by atoms with Crippen molar-refractivity contribution in [1.82, 2.24) is 0 Å². The molecule has 19 heavy (non-hydrogen) atoms. The monoisotopic (exact) mass is 298 g/mol. The molecule has 0 heterocycles. The number of benzene rings is 2. The molecule has 0 aromatic heterocycles. The standard InChI is InChI=1S/C15H10Cl2F2/c1-9(12-4-3-11(16)8-14(12)18)6-10-2-5-13(17)15(19)7-10/h2-8H,1H3/b9-6+. The molecule has 2 aromatic carbocycles. The number of hydrogen-bond donors (Lipinski definition) is 0. The highest BCUT2D eigenvalue weighted by atomic mass is 35.5. The fourth-order valence-corrected chi connectivity index (χ4v) is 2.02. The first kappa shape index (κ1) is 14.0. The van der Waals surface area contributed by atoms with Crippen molar-refractivity contribution < 1.29 is 8.78 Å². The van der Waals surface area contributed by atoms with Gasteiger partial charge in [-0.15, -0.1) is 0 Å². The summed E-state index contributed by atoms with van der Waals surface area (Å²) in [7, 11) is 0. The van der Waals surface area contributed by atoms with Crippen LogP contribution in [0, 0.1) is 11.6 Å². The molecular weight excluding hydrogens is 289 g/mol. The number of rotatable bonds is 2. The molecule has 0 aliphatic carbocycles. The van der Waals surface area contributed by atoms with Gasteiger partial charge in [-0.1, -0.05) is 41.4 Å². The Morgan fingerprint density at radius 2 is 1.74 bits per heavy atom. The highest BCUT2D eigenvalue weighted by Gasteiger charge is 2.06. The summed E-state index contributed by atoms with van der Waals surface area (Å²) >= 11 is 11.3. The van der Waals surface area contributed by atoms with Crippen LogP contribution in [0.25, 0.3) is 11.6 Å². The second kappa shape index (κ2) is 5.72. The maximum atomic E-state index is 13.7. The molecule has 0 saturated heterocycles. The van der Waals surface area contributed by atoms with Crippen molar-refractivity contribution in [3.05, 3.63) is 69.2 Å². The van der Waals surface area contributed by atoms with E-state index in [0.717, 1.165) is 0 Å². The lowest BCUT2D eigenvalue weighted by Crippen LogP contribution is -1.87. The van der Waals surface area contributed by atoms with Crippen LogP contribution in [-0.2, 0) is 0 Å². The largest absolute Gasteiger partial charge is 0.206 e. The van der Waals surface area contributed by atoms with Crippen LogP contribution in [0.5, 0.6) is 0 Å². The van der Waals surface area contributed by atoms with Gasteiger partial charge in [0.2, 0.25) is 0 Å². The third kappa shape index (κ3) is 3.34. The van der Waals surface area contributed by atoms with Crippen LogP contribution in [-0.4, -0.2) is 0 Å². The zero-order valence-corrected chi connectivity index (χ0v) is 11.6. The molecule has 2 aromatic rings. The van der Waals surface area contributed by atoms with Gasteiger partial charge < -0.3 is 0 Å². The Labute approximate surface area is 120 Å². The van der Waals surface area contributed by atoms with Crippen LogP contribution in [0.3, 0.4) is 0 Å². The first-order valence-electron chi connectivity index (χ1n) is 5.56. The summed E-state index contributed by atoms with van der Waals surface area (Å²) in [5.74, 6) is -0.907. The Morgan fingerprint density at radius 3 is 2.37 bits per heavy atom. The molecular formula is C15H10Cl2F2. The summed E-state index contributed by atoms with van der Waals surface area (Å²) in [5.41, 5.74) is 1.73. The van der Waals surface area contributed by atoms with Gasteiger partial charge in [0.15, 0.2) is 0 Å². The van der Waals surface area contributed by atoms with E-state index in [9.17, 15) is 8.78 Å².